The summed E-state index contributed by atoms with van der Waals surface area (Å²) in [5.74, 6) is -0.509. The molecular formula is C30H33N5O4. The first-order chi connectivity index (χ1) is 18.6. The predicted octanol–water partition coefficient (Wildman–Crippen LogP) is 4.72. The van der Waals surface area contributed by atoms with Gasteiger partial charge in [0, 0.05) is 11.1 Å². The van der Waals surface area contributed by atoms with Crippen LogP contribution in [-0.4, -0.2) is 45.2 Å². The van der Waals surface area contributed by atoms with Crippen molar-refractivity contribution in [1.82, 2.24) is 20.3 Å². The van der Waals surface area contributed by atoms with E-state index < -0.39 is 17.5 Å². The van der Waals surface area contributed by atoms with Crippen LogP contribution < -0.4 is 15.0 Å². The van der Waals surface area contributed by atoms with Crippen molar-refractivity contribution in [1.29, 1.82) is 0 Å². The van der Waals surface area contributed by atoms with Crippen molar-refractivity contribution in [3.63, 3.8) is 0 Å². The predicted molar refractivity (Wildman–Crippen MR) is 150 cm³/mol. The van der Waals surface area contributed by atoms with Gasteiger partial charge in [0.2, 0.25) is 11.8 Å². The first-order valence-electron chi connectivity index (χ1n) is 12.8. The highest BCUT2D eigenvalue weighted by Crippen LogP contribution is 2.33. The van der Waals surface area contributed by atoms with E-state index in [1.54, 1.807) is 48.5 Å². The molecular weight excluding hydrogens is 494 g/mol. The minimum atomic E-state index is -1.10. The number of aromatic nitrogens is 3. The van der Waals surface area contributed by atoms with Crippen LogP contribution in [0.15, 0.2) is 72.8 Å². The third-order valence-electron chi connectivity index (χ3n) is 6.78. The summed E-state index contributed by atoms with van der Waals surface area (Å²) < 4.78 is 6.93. The molecule has 1 heterocycles. The fourth-order valence-electron chi connectivity index (χ4n) is 4.36. The molecule has 0 saturated carbocycles. The van der Waals surface area contributed by atoms with Gasteiger partial charge >= 0.3 is 0 Å². The summed E-state index contributed by atoms with van der Waals surface area (Å²) in [4.78, 5) is 42.4. The van der Waals surface area contributed by atoms with E-state index in [9.17, 15) is 14.4 Å². The van der Waals surface area contributed by atoms with E-state index in [0.29, 0.717) is 40.0 Å². The Morgan fingerprint density at radius 2 is 1.74 bits per heavy atom. The Morgan fingerprint density at radius 3 is 2.46 bits per heavy atom. The third-order valence-corrected chi connectivity index (χ3v) is 6.78. The summed E-state index contributed by atoms with van der Waals surface area (Å²) in [7, 11) is 1.54. The van der Waals surface area contributed by atoms with Crippen LogP contribution in [0.1, 0.15) is 56.1 Å². The number of para-hydroxylation sites is 2. The SMILES string of the molecule is CCC(C)(C)NC(=O)[C@@H](c1cccc(OC)c1)N(C(=O)Cn1nnc2ccccc21)c1ccccc1C(C)=O. The van der Waals surface area contributed by atoms with Crippen LogP contribution in [0.3, 0.4) is 0 Å². The fraction of sp³-hybridized carbons (Fsp3) is 0.300. The molecule has 202 valence electrons. The molecule has 0 radical (unpaired) electrons. The van der Waals surface area contributed by atoms with Gasteiger partial charge in [-0.1, -0.05) is 48.5 Å². The standard InChI is InChI=1S/C30H33N5O4/c1-6-30(3,4)31-29(38)28(21-12-11-13-22(18-21)39-5)35(25-16-9-7-14-23(25)20(2)36)27(37)19-34-26-17-10-8-15-24(26)32-33-34/h7-18,28H,6,19H2,1-5H3,(H,31,38)/t28-/m1/s1. The summed E-state index contributed by atoms with van der Waals surface area (Å²) in [6.07, 6.45) is 0.673. The molecule has 0 aliphatic rings. The Labute approximate surface area is 227 Å². The number of Topliss-reactive ketones (excluding diaryl/α,β-unsaturated/α-hetero) is 1. The number of anilines is 1. The normalized spacial score (nSPS) is 12.1. The van der Waals surface area contributed by atoms with Gasteiger partial charge in [0.15, 0.2) is 5.78 Å². The Bertz CT molecular complexity index is 1510. The second-order valence-electron chi connectivity index (χ2n) is 9.98. The van der Waals surface area contributed by atoms with Crippen molar-refractivity contribution in [3.05, 3.63) is 83.9 Å². The van der Waals surface area contributed by atoms with Gasteiger partial charge in [-0.2, -0.15) is 0 Å². The number of benzene rings is 3. The molecule has 9 nitrogen and oxygen atoms in total. The van der Waals surface area contributed by atoms with Gasteiger partial charge < -0.3 is 10.1 Å². The Balaban J connectivity index is 1.90. The van der Waals surface area contributed by atoms with Crippen molar-refractivity contribution >= 4 is 34.3 Å². The molecule has 0 aliphatic carbocycles. The number of ether oxygens (including phenoxy) is 1. The summed E-state index contributed by atoms with van der Waals surface area (Å²) in [5, 5.41) is 11.4. The molecule has 1 aromatic heterocycles. The molecule has 1 atom stereocenters. The number of ketones is 1. The molecule has 0 aliphatic heterocycles. The van der Waals surface area contributed by atoms with E-state index in [2.05, 4.69) is 15.6 Å². The van der Waals surface area contributed by atoms with Crippen LogP contribution in [-0.2, 0) is 16.1 Å². The van der Waals surface area contributed by atoms with Crippen LogP contribution in [0.25, 0.3) is 11.0 Å². The number of hydrogen-bond acceptors (Lipinski definition) is 6. The second-order valence-corrected chi connectivity index (χ2v) is 9.98. The fourth-order valence-corrected chi connectivity index (χ4v) is 4.36. The Kier molecular flexibility index (Phi) is 8.09. The number of nitrogens with one attached hydrogen (secondary N) is 1. The van der Waals surface area contributed by atoms with E-state index >= 15 is 0 Å². The van der Waals surface area contributed by atoms with Gasteiger partial charge in [-0.15, -0.1) is 5.10 Å². The zero-order valence-corrected chi connectivity index (χ0v) is 22.8. The van der Waals surface area contributed by atoms with Crippen LogP contribution in [0.5, 0.6) is 5.75 Å². The van der Waals surface area contributed by atoms with Crippen molar-refractivity contribution in [3.8, 4) is 5.75 Å². The van der Waals surface area contributed by atoms with Gasteiger partial charge in [0.05, 0.1) is 18.3 Å². The number of methoxy groups -OCH3 is 1. The summed E-state index contributed by atoms with van der Waals surface area (Å²) >= 11 is 0. The lowest BCUT2D eigenvalue weighted by Crippen LogP contribution is -2.51. The largest absolute Gasteiger partial charge is 0.497 e. The van der Waals surface area contributed by atoms with Crippen molar-refractivity contribution in [2.45, 2.75) is 52.2 Å². The van der Waals surface area contributed by atoms with Crippen molar-refractivity contribution in [2.75, 3.05) is 12.0 Å². The molecule has 0 bridgehead atoms. The number of rotatable bonds is 10. The maximum Gasteiger partial charge on any atom is 0.249 e. The minimum Gasteiger partial charge on any atom is -0.497 e. The van der Waals surface area contributed by atoms with E-state index in [1.807, 2.05) is 45.0 Å². The quantitative estimate of drug-likeness (QED) is 0.299. The lowest BCUT2D eigenvalue weighted by Gasteiger charge is -2.35. The van der Waals surface area contributed by atoms with Gasteiger partial charge in [-0.05, 0) is 69.2 Å². The molecule has 0 unspecified atom stereocenters. The molecule has 0 fully saturated rings. The van der Waals surface area contributed by atoms with E-state index in [4.69, 9.17) is 4.74 Å². The van der Waals surface area contributed by atoms with E-state index in [1.165, 1.54) is 23.6 Å². The molecule has 0 saturated heterocycles. The molecule has 4 aromatic rings. The minimum absolute atomic E-state index is 0.197. The van der Waals surface area contributed by atoms with Crippen LogP contribution in [0.2, 0.25) is 0 Å². The topological polar surface area (TPSA) is 106 Å². The molecule has 39 heavy (non-hydrogen) atoms. The third kappa shape index (κ3) is 5.98. The Morgan fingerprint density at radius 1 is 1.03 bits per heavy atom. The highest BCUT2D eigenvalue weighted by atomic mass is 16.5. The highest BCUT2D eigenvalue weighted by Gasteiger charge is 2.36. The zero-order chi connectivity index (χ0) is 28.2. The lowest BCUT2D eigenvalue weighted by molar-refractivity contribution is -0.128. The van der Waals surface area contributed by atoms with E-state index in [0.717, 1.165) is 0 Å². The van der Waals surface area contributed by atoms with Gasteiger partial charge in [-0.25, -0.2) is 4.68 Å². The smallest absolute Gasteiger partial charge is 0.249 e. The number of nitrogens with zero attached hydrogens (tertiary/aromatic N) is 4. The zero-order valence-electron chi connectivity index (χ0n) is 22.8. The molecule has 4 rings (SSSR count). The van der Waals surface area contributed by atoms with Gasteiger partial charge in [-0.3, -0.25) is 19.3 Å². The average Bonchev–Trinajstić information content (AvgIpc) is 3.33. The number of fused-ring (bicyclic) bond motifs is 1. The number of carbonyl (C=O) groups excluding carboxylic acids is 3. The maximum atomic E-state index is 14.3. The molecule has 1 N–H and O–H groups in total. The number of amides is 2. The molecule has 2 amide bonds. The highest BCUT2D eigenvalue weighted by molar-refractivity contribution is 6.08. The number of hydrogen-bond donors (Lipinski definition) is 1. The number of carbonyl (C=O) groups is 3. The first kappa shape index (κ1) is 27.5. The summed E-state index contributed by atoms with van der Waals surface area (Å²) in [6, 6.07) is 20.1. The molecule has 3 aromatic carbocycles. The maximum absolute atomic E-state index is 14.3. The van der Waals surface area contributed by atoms with Crippen LogP contribution >= 0.6 is 0 Å². The van der Waals surface area contributed by atoms with Crippen LogP contribution in [0, 0.1) is 0 Å². The van der Waals surface area contributed by atoms with Crippen molar-refractivity contribution in [2.24, 2.45) is 0 Å². The molecule has 0 spiro atoms. The van der Waals surface area contributed by atoms with Crippen LogP contribution in [0.4, 0.5) is 5.69 Å². The summed E-state index contributed by atoms with van der Waals surface area (Å²) in [5.41, 5.74) is 1.98. The monoisotopic (exact) mass is 527 g/mol. The van der Waals surface area contributed by atoms with E-state index in [-0.39, 0.29) is 18.2 Å². The Hall–Kier alpha value is -4.53. The second kappa shape index (κ2) is 11.5. The van der Waals surface area contributed by atoms with Gasteiger partial charge in [0.25, 0.3) is 0 Å². The van der Waals surface area contributed by atoms with Gasteiger partial charge in [0.1, 0.15) is 23.9 Å². The first-order valence-corrected chi connectivity index (χ1v) is 12.8. The lowest BCUT2D eigenvalue weighted by atomic mass is 9.97. The average molecular weight is 528 g/mol. The summed E-state index contributed by atoms with van der Waals surface area (Å²) in [6.45, 7) is 7.06. The molecule has 9 heteroatoms. The van der Waals surface area contributed by atoms with Crippen molar-refractivity contribution < 1.29 is 19.1 Å².